The van der Waals surface area contributed by atoms with Crippen LogP contribution in [0.4, 0.5) is 5.69 Å². The Morgan fingerprint density at radius 2 is 1.90 bits per heavy atom. The molecule has 2 rings (SSSR count). The van der Waals surface area contributed by atoms with Crippen molar-refractivity contribution in [1.82, 2.24) is 5.32 Å². The second kappa shape index (κ2) is 6.83. The van der Waals surface area contributed by atoms with Gasteiger partial charge in [0.1, 0.15) is 0 Å². The molecule has 2 aromatic rings. The van der Waals surface area contributed by atoms with E-state index in [0.29, 0.717) is 10.6 Å². The SMILES string of the molecule is O=C(NC(=S)Nc1cccc(Cl)c1)c1cccc(Br)c1. The van der Waals surface area contributed by atoms with E-state index in [1.54, 1.807) is 36.4 Å². The van der Waals surface area contributed by atoms with Crippen LogP contribution >= 0.6 is 39.7 Å². The van der Waals surface area contributed by atoms with Crippen molar-refractivity contribution in [1.29, 1.82) is 0 Å². The first-order valence-electron chi connectivity index (χ1n) is 5.68. The number of benzene rings is 2. The van der Waals surface area contributed by atoms with Crippen LogP contribution in [0, 0.1) is 0 Å². The Morgan fingerprint density at radius 3 is 2.60 bits per heavy atom. The number of halogens is 2. The van der Waals surface area contributed by atoms with Crippen LogP contribution in [0.2, 0.25) is 5.02 Å². The van der Waals surface area contributed by atoms with E-state index in [0.717, 1.165) is 10.2 Å². The quantitative estimate of drug-likeness (QED) is 0.778. The molecule has 0 aliphatic rings. The largest absolute Gasteiger partial charge is 0.332 e. The number of carbonyl (C=O) groups excluding carboxylic acids is 1. The maximum absolute atomic E-state index is 12.0. The highest BCUT2D eigenvalue weighted by Crippen LogP contribution is 2.15. The van der Waals surface area contributed by atoms with E-state index in [1.807, 2.05) is 12.1 Å². The number of hydrogen-bond acceptors (Lipinski definition) is 2. The molecule has 102 valence electrons. The minimum Gasteiger partial charge on any atom is -0.332 e. The lowest BCUT2D eigenvalue weighted by Gasteiger charge is -2.09. The van der Waals surface area contributed by atoms with E-state index in [4.69, 9.17) is 23.8 Å². The molecule has 2 aromatic carbocycles. The molecule has 0 unspecified atom stereocenters. The van der Waals surface area contributed by atoms with Crippen molar-refractivity contribution < 1.29 is 4.79 Å². The van der Waals surface area contributed by atoms with E-state index < -0.39 is 0 Å². The van der Waals surface area contributed by atoms with Gasteiger partial charge in [0.05, 0.1) is 0 Å². The standard InChI is InChI=1S/C14H10BrClN2OS/c15-10-4-1-3-9(7-10)13(19)18-14(20)17-12-6-2-5-11(16)8-12/h1-8H,(H2,17,18,19,20). The smallest absolute Gasteiger partial charge is 0.257 e. The molecule has 3 nitrogen and oxygen atoms in total. The Balaban J connectivity index is 1.99. The maximum atomic E-state index is 12.0. The molecule has 0 fully saturated rings. The summed E-state index contributed by atoms with van der Waals surface area (Å²) in [6.45, 7) is 0. The third-order valence-electron chi connectivity index (χ3n) is 2.40. The van der Waals surface area contributed by atoms with E-state index >= 15 is 0 Å². The van der Waals surface area contributed by atoms with Crippen LogP contribution in [-0.2, 0) is 0 Å². The summed E-state index contributed by atoms with van der Waals surface area (Å²) >= 11 is 14.3. The fourth-order valence-corrected chi connectivity index (χ4v) is 2.33. The molecule has 1 amide bonds. The van der Waals surface area contributed by atoms with Crippen molar-refractivity contribution in [2.75, 3.05) is 5.32 Å². The molecular formula is C14H10BrClN2OS. The minimum atomic E-state index is -0.272. The molecule has 0 aliphatic carbocycles. The second-order valence-electron chi connectivity index (χ2n) is 3.93. The van der Waals surface area contributed by atoms with Gasteiger partial charge >= 0.3 is 0 Å². The topological polar surface area (TPSA) is 41.1 Å². The molecule has 20 heavy (non-hydrogen) atoms. The fourth-order valence-electron chi connectivity index (χ4n) is 1.53. The average molecular weight is 370 g/mol. The Hall–Kier alpha value is -1.43. The molecular weight excluding hydrogens is 360 g/mol. The average Bonchev–Trinajstić information content (AvgIpc) is 2.38. The first-order valence-corrected chi connectivity index (χ1v) is 7.26. The first kappa shape index (κ1) is 15.0. The lowest BCUT2D eigenvalue weighted by atomic mass is 10.2. The number of nitrogens with one attached hydrogen (secondary N) is 2. The number of hydrogen-bond donors (Lipinski definition) is 2. The molecule has 0 heterocycles. The Labute approximate surface area is 135 Å². The van der Waals surface area contributed by atoms with Gasteiger partial charge in [-0.1, -0.05) is 39.7 Å². The van der Waals surface area contributed by atoms with Gasteiger partial charge in [-0.25, -0.2) is 0 Å². The highest BCUT2D eigenvalue weighted by Gasteiger charge is 2.08. The number of carbonyl (C=O) groups is 1. The molecule has 0 aromatic heterocycles. The van der Waals surface area contributed by atoms with Gasteiger partial charge in [0.25, 0.3) is 5.91 Å². The van der Waals surface area contributed by atoms with Gasteiger partial charge in [0, 0.05) is 20.7 Å². The van der Waals surface area contributed by atoms with E-state index in [9.17, 15) is 4.79 Å². The van der Waals surface area contributed by atoms with Crippen LogP contribution in [0.25, 0.3) is 0 Å². The van der Waals surface area contributed by atoms with E-state index in [1.165, 1.54) is 0 Å². The Morgan fingerprint density at radius 1 is 1.15 bits per heavy atom. The van der Waals surface area contributed by atoms with Crippen molar-refractivity contribution in [2.45, 2.75) is 0 Å². The summed E-state index contributed by atoms with van der Waals surface area (Å²) in [4.78, 5) is 12.0. The maximum Gasteiger partial charge on any atom is 0.257 e. The fraction of sp³-hybridized carbons (Fsp3) is 0. The highest BCUT2D eigenvalue weighted by atomic mass is 79.9. The van der Waals surface area contributed by atoms with Gasteiger partial charge in [-0.05, 0) is 48.6 Å². The third-order valence-corrected chi connectivity index (χ3v) is 3.33. The number of thiocarbonyl (C=S) groups is 1. The summed E-state index contributed by atoms with van der Waals surface area (Å²) in [6, 6.07) is 14.1. The number of rotatable bonds is 2. The molecule has 0 atom stereocenters. The molecule has 0 radical (unpaired) electrons. The second-order valence-corrected chi connectivity index (χ2v) is 5.69. The van der Waals surface area contributed by atoms with Crippen LogP contribution in [-0.4, -0.2) is 11.0 Å². The van der Waals surface area contributed by atoms with Crippen LogP contribution in [0.1, 0.15) is 10.4 Å². The van der Waals surface area contributed by atoms with Crippen LogP contribution < -0.4 is 10.6 Å². The van der Waals surface area contributed by atoms with Crippen molar-refractivity contribution >= 4 is 56.5 Å². The van der Waals surface area contributed by atoms with Crippen molar-refractivity contribution in [3.05, 3.63) is 63.6 Å². The lowest BCUT2D eigenvalue weighted by Crippen LogP contribution is -2.34. The zero-order chi connectivity index (χ0) is 14.5. The molecule has 0 saturated carbocycles. The van der Waals surface area contributed by atoms with Crippen LogP contribution in [0.15, 0.2) is 53.0 Å². The van der Waals surface area contributed by atoms with Gasteiger partial charge < -0.3 is 5.32 Å². The van der Waals surface area contributed by atoms with E-state index in [-0.39, 0.29) is 11.0 Å². The zero-order valence-corrected chi connectivity index (χ0v) is 13.3. The van der Waals surface area contributed by atoms with Crippen LogP contribution in [0.3, 0.4) is 0 Å². The zero-order valence-electron chi connectivity index (χ0n) is 10.2. The number of amides is 1. The molecule has 0 aliphatic heterocycles. The molecule has 2 N–H and O–H groups in total. The summed E-state index contributed by atoms with van der Waals surface area (Å²) in [7, 11) is 0. The summed E-state index contributed by atoms with van der Waals surface area (Å²) in [6.07, 6.45) is 0. The molecule has 6 heteroatoms. The van der Waals surface area contributed by atoms with Crippen molar-refractivity contribution in [3.8, 4) is 0 Å². The van der Waals surface area contributed by atoms with E-state index in [2.05, 4.69) is 26.6 Å². The van der Waals surface area contributed by atoms with Gasteiger partial charge in [-0.2, -0.15) is 0 Å². The number of anilines is 1. The van der Waals surface area contributed by atoms with Gasteiger partial charge in [-0.3, -0.25) is 10.1 Å². The third kappa shape index (κ3) is 4.30. The Kier molecular flexibility index (Phi) is 5.11. The highest BCUT2D eigenvalue weighted by molar-refractivity contribution is 9.10. The predicted octanol–water partition coefficient (Wildman–Crippen LogP) is 4.23. The Bertz CT molecular complexity index is 663. The van der Waals surface area contributed by atoms with Crippen molar-refractivity contribution in [2.24, 2.45) is 0 Å². The summed E-state index contributed by atoms with van der Waals surface area (Å²) < 4.78 is 0.832. The van der Waals surface area contributed by atoms with Gasteiger partial charge in [-0.15, -0.1) is 0 Å². The molecule has 0 spiro atoms. The molecule has 0 saturated heterocycles. The normalized spacial score (nSPS) is 9.90. The molecule has 0 bridgehead atoms. The van der Waals surface area contributed by atoms with Crippen LogP contribution in [0.5, 0.6) is 0 Å². The van der Waals surface area contributed by atoms with Crippen molar-refractivity contribution in [3.63, 3.8) is 0 Å². The summed E-state index contributed by atoms with van der Waals surface area (Å²) in [5, 5.41) is 6.32. The summed E-state index contributed by atoms with van der Waals surface area (Å²) in [5.74, 6) is -0.272. The van der Waals surface area contributed by atoms with Gasteiger partial charge in [0.2, 0.25) is 0 Å². The lowest BCUT2D eigenvalue weighted by molar-refractivity contribution is 0.0977. The predicted molar refractivity (Wildman–Crippen MR) is 89.3 cm³/mol. The monoisotopic (exact) mass is 368 g/mol. The summed E-state index contributed by atoms with van der Waals surface area (Å²) in [5.41, 5.74) is 1.24. The minimum absolute atomic E-state index is 0.220. The first-order chi connectivity index (χ1) is 9.54. The van der Waals surface area contributed by atoms with Gasteiger partial charge in [0.15, 0.2) is 5.11 Å².